The Labute approximate surface area is 250 Å². The number of methoxy groups -OCH3 is 1. The lowest BCUT2D eigenvalue weighted by Gasteiger charge is -2.15. The molecule has 11 heteroatoms. The number of ether oxygens (including phenoxy) is 3. The zero-order valence-electron chi connectivity index (χ0n) is 24.5. The molecule has 0 aliphatic heterocycles. The van der Waals surface area contributed by atoms with Crippen LogP contribution in [-0.2, 0) is 9.53 Å². The number of hydrogen-bond donors (Lipinski definition) is 2. The topological polar surface area (TPSA) is 137 Å². The summed E-state index contributed by atoms with van der Waals surface area (Å²) in [6.45, 7) is 1.79. The van der Waals surface area contributed by atoms with Gasteiger partial charge in [-0.3, -0.25) is 14.8 Å². The highest BCUT2D eigenvalue weighted by Gasteiger charge is 2.24. The normalized spacial score (nSPS) is 11.0. The number of carbonyl (C=O) groups is 2. The van der Waals surface area contributed by atoms with Gasteiger partial charge in [0, 0.05) is 18.1 Å². The Balaban J connectivity index is 1.36. The summed E-state index contributed by atoms with van der Waals surface area (Å²) in [5.74, 6) is -0.0841. The second kappa shape index (κ2) is 14.9. The molecule has 0 fully saturated rings. The first-order valence-corrected chi connectivity index (χ1v) is 14.0. The highest BCUT2D eigenvalue weighted by molar-refractivity contribution is 6.09. The fraction of sp³-hybridized carbons (Fsp3) is 0.312. The molecule has 0 aliphatic rings. The summed E-state index contributed by atoms with van der Waals surface area (Å²) in [7, 11) is 5.36. The van der Waals surface area contributed by atoms with E-state index in [1.165, 1.54) is 25.6 Å². The summed E-state index contributed by atoms with van der Waals surface area (Å²) < 4.78 is 17.2. The number of aromatic nitrogens is 2. The number of hydroxylamine groups is 1. The monoisotopic (exact) mass is 588 g/mol. The summed E-state index contributed by atoms with van der Waals surface area (Å²) in [4.78, 5) is 31.0. The molecule has 0 saturated heterocycles. The van der Waals surface area contributed by atoms with Crippen LogP contribution >= 0.6 is 0 Å². The minimum absolute atomic E-state index is 0.00601. The standard InChI is InChI=1S/C32H36N4O7/c1-35(2)17-6-7-28(37)43-20-5-4-19-42-25-14-12-23(13-15-25)22-8-10-24(11-9-22)30-31(41-3)29(32(38)34-39)26-21-36(40)18-16-27(26)33-30/h8-16,18,21,39H,4-7,17,19-20H2,1-3H3,(H,34,38). The predicted octanol–water partition coefficient (Wildman–Crippen LogP) is 4.37. The van der Waals surface area contributed by atoms with Crippen LogP contribution in [0.3, 0.4) is 0 Å². The Morgan fingerprint density at radius 1 is 0.953 bits per heavy atom. The SMILES string of the molecule is COc1c(-c2ccc(-c3ccc(OCCCCOC(=O)CCCN(C)C)cc3)cc2)nc2cc[n+]([O-])cc2c1C(=O)NO. The molecule has 226 valence electrons. The van der Waals surface area contributed by atoms with Crippen molar-refractivity contribution in [2.45, 2.75) is 25.7 Å². The van der Waals surface area contributed by atoms with Crippen LogP contribution in [-0.4, -0.2) is 67.9 Å². The van der Waals surface area contributed by atoms with Gasteiger partial charge in [0.25, 0.3) is 5.91 Å². The van der Waals surface area contributed by atoms with Crippen LogP contribution in [0.2, 0.25) is 0 Å². The third-order valence-corrected chi connectivity index (χ3v) is 6.79. The summed E-state index contributed by atoms with van der Waals surface area (Å²) in [6, 6.07) is 16.8. The Kier molecular flexibility index (Phi) is 10.8. The smallest absolute Gasteiger partial charge is 0.305 e. The van der Waals surface area contributed by atoms with Crippen molar-refractivity contribution in [2.24, 2.45) is 0 Å². The van der Waals surface area contributed by atoms with Crippen molar-refractivity contribution >= 4 is 22.8 Å². The van der Waals surface area contributed by atoms with E-state index in [9.17, 15) is 20.0 Å². The Bertz CT molecular complexity index is 1540. The van der Waals surface area contributed by atoms with Crippen molar-refractivity contribution in [1.82, 2.24) is 15.4 Å². The molecule has 2 aromatic carbocycles. The minimum atomic E-state index is -0.815. The molecule has 2 heterocycles. The average Bonchev–Trinajstić information content (AvgIpc) is 3.01. The van der Waals surface area contributed by atoms with Crippen LogP contribution in [0.4, 0.5) is 0 Å². The van der Waals surface area contributed by atoms with E-state index in [-0.39, 0.29) is 22.7 Å². The first-order chi connectivity index (χ1) is 20.8. The van der Waals surface area contributed by atoms with Gasteiger partial charge in [-0.05, 0) is 63.2 Å². The third-order valence-electron chi connectivity index (χ3n) is 6.79. The molecule has 0 radical (unpaired) electrons. The number of nitrogens with one attached hydrogen (secondary N) is 1. The zero-order chi connectivity index (χ0) is 30.8. The molecule has 0 atom stereocenters. The number of amides is 1. The Hall–Kier alpha value is -4.74. The van der Waals surface area contributed by atoms with E-state index in [0.717, 1.165) is 42.7 Å². The number of pyridine rings is 2. The van der Waals surface area contributed by atoms with Gasteiger partial charge in [-0.1, -0.05) is 36.4 Å². The number of rotatable bonds is 14. The van der Waals surface area contributed by atoms with E-state index < -0.39 is 5.91 Å². The number of hydrogen-bond acceptors (Lipinski definition) is 9. The lowest BCUT2D eigenvalue weighted by Crippen LogP contribution is -2.26. The van der Waals surface area contributed by atoms with Crippen molar-refractivity contribution < 1.29 is 33.7 Å². The second-order valence-corrected chi connectivity index (χ2v) is 10.2. The fourth-order valence-corrected chi connectivity index (χ4v) is 4.60. The third kappa shape index (κ3) is 8.18. The maximum absolute atomic E-state index is 12.5. The van der Waals surface area contributed by atoms with E-state index in [1.807, 2.05) is 67.5 Å². The average molecular weight is 589 g/mol. The number of esters is 1. The molecule has 4 aromatic rings. The quantitative estimate of drug-likeness (QED) is 0.0549. The van der Waals surface area contributed by atoms with E-state index in [0.29, 0.717) is 41.1 Å². The van der Waals surface area contributed by atoms with E-state index in [4.69, 9.17) is 14.2 Å². The van der Waals surface area contributed by atoms with E-state index in [1.54, 1.807) is 5.48 Å². The number of unbranched alkanes of at least 4 members (excludes halogenated alkanes) is 1. The van der Waals surface area contributed by atoms with Gasteiger partial charge in [-0.25, -0.2) is 10.5 Å². The van der Waals surface area contributed by atoms with Crippen molar-refractivity contribution in [1.29, 1.82) is 0 Å². The second-order valence-electron chi connectivity index (χ2n) is 10.2. The molecule has 0 saturated carbocycles. The van der Waals surface area contributed by atoms with Gasteiger partial charge in [0.15, 0.2) is 18.1 Å². The Morgan fingerprint density at radius 3 is 2.26 bits per heavy atom. The van der Waals surface area contributed by atoms with E-state index >= 15 is 0 Å². The van der Waals surface area contributed by atoms with Gasteiger partial charge in [-0.15, -0.1) is 0 Å². The Morgan fingerprint density at radius 2 is 1.60 bits per heavy atom. The molecule has 4 rings (SSSR count). The molecule has 0 unspecified atom stereocenters. The number of benzene rings is 2. The molecule has 2 N–H and O–H groups in total. The van der Waals surface area contributed by atoms with Gasteiger partial charge in [0.05, 0.1) is 31.2 Å². The molecule has 2 aromatic heterocycles. The minimum Gasteiger partial charge on any atom is -0.619 e. The van der Waals surface area contributed by atoms with Crippen LogP contribution in [0.25, 0.3) is 33.3 Å². The van der Waals surface area contributed by atoms with Crippen LogP contribution in [0.15, 0.2) is 67.0 Å². The summed E-state index contributed by atoms with van der Waals surface area (Å²) in [5, 5.41) is 21.5. The van der Waals surface area contributed by atoms with Crippen LogP contribution in [0.5, 0.6) is 11.5 Å². The van der Waals surface area contributed by atoms with Crippen LogP contribution < -0.4 is 19.7 Å². The molecule has 0 bridgehead atoms. The van der Waals surface area contributed by atoms with Crippen molar-refractivity contribution in [2.75, 3.05) is 41.0 Å². The molecular formula is C32H36N4O7. The lowest BCUT2D eigenvalue weighted by molar-refractivity contribution is -0.603. The molecule has 1 amide bonds. The highest BCUT2D eigenvalue weighted by Crippen LogP contribution is 2.36. The van der Waals surface area contributed by atoms with Gasteiger partial charge < -0.3 is 24.3 Å². The number of carbonyl (C=O) groups excluding carboxylic acids is 2. The maximum Gasteiger partial charge on any atom is 0.305 e. The first-order valence-electron chi connectivity index (χ1n) is 14.0. The van der Waals surface area contributed by atoms with Crippen molar-refractivity contribution in [3.8, 4) is 33.9 Å². The van der Waals surface area contributed by atoms with Gasteiger partial charge in [0.2, 0.25) is 0 Å². The van der Waals surface area contributed by atoms with Crippen LogP contribution in [0.1, 0.15) is 36.0 Å². The van der Waals surface area contributed by atoms with E-state index in [2.05, 4.69) is 4.98 Å². The van der Waals surface area contributed by atoms with Gasteiger partial charge >= 0.3 is 5.97 Å². The van der Waals surface area contributed by atoms with Gasteiger partial charge in [-0.2, -0.15) is 4.73 Å². The molecule has 0 aliphatic carbocycles. The first kappa shape index (κ1) is 31.2. The largest absolute Gasteiger partial charge is 0.619 e. The predicted molar refractivity (Wildman–Crippen MR) is 161 cm³/mol. The molecular weight excluding hydrogens is 552 g/mol. The fourth-order valence-electron chi connectivity index (χ4n) is 4.60. The van der Waals surface area contributed by atoms with Crippen molar-refractivity contribution in [3.05, 3.63) is 77.8 Å². The summed E-state index contributed by atoms with van der Waals surface area (Å²) in [6.07, 6.45) is 5.25. The maximum atomic E-state index is 12.5. The molecule has 0 spiro atoms. The lowest BCUT2D eigenvalue weighted by atomic mass is 10.00. The number of fused-ring (bicyclic) bond motifs is 1. The molecule has 11 nitrogen and oxygen atoms in total. The zero-order valence-corrected chi connectivity index (χ0v) is 24.5. The van der Waals surface area contributed by atoms with Gasteiger partial charge in [0.1, 0.15) is 17.0 Å². The highest BCUT2D eigenvalue weighted by atomic mass is 16.5. The summed E-state index contributed by atoms with van der Waals surface area (Å²) in [5.41, 5.74) is 5.06. The summed E-state index contributed by atoms with van der Waals surface area (Å²) >= 11 is 0. The molecule has 43 heavy (non-hydrogen) atoms. The van der Waals surface area contributed by atoms with Crippen LogP contribution in [0, 0.1) is 5.21 Å². The van der Waals surface area contributed by atoms with Crippen molar-refractivity contribution in [3.63, 3.8) is 0 Å². The number of nitrogens with zero attached hydrogens (tertiary/aromatic N) is 3.